The van der Waals surface area contributed by atoms with Crippen molar-refractivity contribution in [3.05, 3.63) is 145 Å². The summed E-state index contributed by atoms with van der Waals surface area (Å²) in [7, 11) is 0. The minimum atomic E-state index is -0.437. The molecule has 226 valence electrons. The molecule has 0 saturated heterocycles. The fourth-order valence-electron chi connectivity index (χ4n) is 6.49. The number of aliphatic hydroxyl groups is 2. The largest absolute Gasteiger partial charge is 0.507 e. The molecule has 0 amide bonds. The second-order valence-electron chi connectivity index (χ2n) is 11.9. The van der Waals surface area contributed by atoms with Crippen molar-refractivity contribution in [1.29, 1.82) is 0 Å². The van der Waals surface area contributed by atoms with Crippen LogP contribution < -0.4 is 0 Å². The van der Waals surface area contributed by atoms with Gasteiger partial charge in [-0.2, -0.15) is 0 Å². The summed E-state index contributed by atoms with van der Waals surface area (Å²) in [5, 5.41) is 52.3. The molecule has 46 heavy (non-hydrogen) atoms. The Morgan fingerprint density at radius 1 is 0.348 bits per heavy atom. The molecule has 9 aromatic carbocycles. The standard InChI is InChI=1S/2C16H10O.C10H14O2/c2*17-14-9-7-12-5-4-10-2-1-3-11-6-8-13(14)16(12)15(10)11;1-7(11)9-3-5-10(6-4-9)8(2)12/h2*1-9,17H;3-8,11-12H,1-2H3. The number of phenolic OH excluding ortho intramolecular Hbond substituents is 2. The SMILES string of the molecule is CC(O)c1ccc(C(C)O)cc1.Oc1ccc2ccc3cccc4ccc1c2c34.Oc1ccc2ccc3cccc4ccc1c2c34. The Morgan fingerprint density at radius 2 is 0.630 bits per heavy atom. The van der Waals surface area contributed by atoms with E-state index < -0.39 is 12.2 Å². The number of hydrogen-bond donors (Lipinski definition) is 4. The Morgan fingerprint density at radius 3 is 0.957 bits per heavy atom. The van der Waals surface area contributed by atoms with E-state index in [2.05, 4.69) is 72.8 Å². The molecule has 0 fully saturated rings. The zero-order chi connectivity index (χ0) is 31.9. The number of phenols is 2. The van der Waals surface area contributed by atoms with Gasteiger partial charge in [-0.3, -0.25) is 0 Å². The van der Waals surface area contributed by atoms with E-state index in [-0.39, 0.29) is 0 Å². The van der Waals surface area contributed by atoms with E-state index in [0.717, 1.165) is 21.9 Å². The monoisotopic (exact) mass is 602 g/mol. The summed E-state index contributed by atoms with van der Waals surface area (Å²) in [4.78, 5) is 0. The number of rotatable bonds is 2. The third kappa shape index (κ3) is 5.18. The lowest BCUT2D eigenvalue weighted by molar-refractivity contribution is 0.195. The van der Waals surface area contributed by atoms with Crippen LogP contribution in [0, 0.1) is 0 Å². The van der Waals surface area contributed by atoms with Gasteiger partial charge < -0.3 is 20.4 Å². The maximum Gasteiger partial charge on any atom is 0.123 e. The van der Waals surface area contributed by atoms with Crippen molar-refractivity contribution >= 4 is 64.6 Å². The smallest absolute Gasteiger partial charge is 0.123 e. The molecule has 4 N–H and O–H groups in total. The van der Waals surface area contributed by atoms with Crippen molar-refractivity contribution in [2.45, 2.75) is 26.1 Å². The lowest BCUT2D eigenvalue weighted by Crippen LogP contribution is -1.94. The summed E-state index contributed by atoms with van der Waals surface area (Å²) in [5.41, 5.74) is 1.75. The quantitative estimate of drug-likeness (QED) is 0.148. The molecule has 4 nitrogen and oxygen atoms in total. The minimum Gasteiger partial charge on any atom is -0.507 e. The summed E-state index contributed by atoms with van der Waals surface area (Å²) in [6, 6.07) is 44.0. The molecule has 9 rings (SSSR count). The van der Waals surface area contributed by atoms with Gasteiger partial charge in [0, 0.05) is 21.5 Å². The fourth-order valence-corrected chi connectivity index (χ4v) is 6.49. The third-order valence-electron chi connectivity index (χ3n) is 8.91. The van der Waals surface area contributed by atoms with E-state index in [4.69, 9.17) is 0 Å². The van der Waals surface area contributed by atoms with Gasteiger partial charge in [0.2, 0.25) is 0 Å². The number of aliphatic hydroxyl groups excluding tert-OH is 2. The zero-order valence-electron chi connectivity index (χ0n) is 25.6. The first kappa shape index (κ1) is 29.3. The topological polar surface area (TPSA) is 80.9 Å². The van der Waals surface area contributed by atoms with Gasteiger partial charge in [-0.05, 0) is 80.2 Å². The Balaban J connectivity index is 0.000000113. The molecule has 9 aromatic rings. The molecule has 2 unspecified atom stereocenters. The first-order valence-corrected chi connectivity index (χ1v) is 15.5. The fraction of sp³-hybridized carbons (Fsp3) is 0.0952. The first-order valence-electron chi connectivity index (χ1n) is 15.5. The van der Waals surface area contributed by atoms with Gasteiger partial charge in [-0.25, -0.2) is 0 Å². The zero-order valence-corrected chi connectivity index (χ0v) is 25.6. The Labute approximate surface area is 266 Å². The number of hydrogen-bond acceptors (Lipinski definition) is 4. The molecule has 0 aliphatic carbocycles. The van der Waals surface area contributed by atoms with Crippen LogP contribution in [0.25, 0.3) is 64.6 Å². The highest BCUT2D eigenvalue weighted by molar-refractivity contribution is 6.25. The second kappa shape index (κ2) is 11.8. The molecule has 2 atom stereocenters. The summed E-state index contributed by atoms with van der Waals surface area (Å²) >= 11 is 0. The van der Waals surface area contributed by atoms with Crippen molar-refractivity contribution in [1.82, 2.24) is 0 Å². The van der Waals surface area contributed by atoms with Gasteiger partial charge in [-0.1, -0.05) is 121 Å². The van der Waals surface area contributed by atoms with Crippen LogP contribution in [-0.4, -0.2) is 20.4 Å². The second-order valence-corrected chi connectivity index (χ2v) is 11.9. The van der Waals surface area contributed by atoms with Crippen LogP contribution in [0.2, 0.25) is 0 Å². The summed E-state index contributed by atoms with van der Waals surface area (Å²) in [6.45, 7) is 3.44. The number of aromatic hydroxyl groups is 2. The van der Waals surface area contributed by atoms with Gasteiger partial charge >= 0.3 is 0 Å². The maximum absolute atomic E-state index is 9.95. The van der Waals surface area contributed by atoms with E-state index in [1.807, 2.05) is 48.5 Å². The van der Waals surface area contributed by atoms with Crippen LogP contribution in [0.3, 0.4) is 0 Å². The Bertz CT molecular complexity index is 2240. The molecule has 0 aliphatic rings. The molecule has 0 bridgehead atoms. The highest BCUT2D eigenvalue weighted by Crippen LogP contribution is 2.39. The van der Waals surface area contributed by atoms with E-state index in [1.54, 1.807) is 26.0 Å². The van der Waals surface area contributed by atoms with Crippen LogP contribution in [0.15, 0.2) is 133 Å². The highest BCUT2D eigenvalue weighted by Gasteiger charge is 2.11. The maximum atomic E-state index is 9.95. The van der Waals surface area contributed by atoms with Crippen LogP contribution in [0.4, 0.5) is 0 Å². The molecule has 0 aromatic heterocycles. The van der Waals surface area contributed by atoms with Crippen LogP contribution in [0.5, 0.6) is 11.5 Å². The van der Waals surface area contributed by atoms with E-state index >= 15 is 0 Å². The van der Waals surface area contributed by atoms with Gasteiger partial charge in [0.05, 0.1) is 12.2 Å². The average Bonchev–Trinajstić information content (AvgIpc) is 3.08. The molecule has 0 spiro atoms. The Hall–Kier alpha value is -5.42. The Kier molecular flexibility index (Phi) is 7.53. The van der Waals surface area contributed by atoms with Gasteiger partial charge in [0.1, 0.15) is 11.5 Å². The predicted molar refractivity (Wildman–Crippen MR) is 191 cm³/mol. The van der Waals surface area contributed by atoms with Crippen molar-refractivity contribution in [3.63, 3.8) is 0 Å². The lowest BCUT2D eigenvalue weighted by atomic mass is 9.94. The summed E-state index contributed by atoms with van der Waals surface area (Å²) in [6.07, 6.45) is -0.874. The lowest BCUT2D eigenvalue weighted by Gasteiger charge is -2.11. The third-order valence-corrected chi connectivity index (χ3v) is 8.91. The van der Waals surface area contributed by atoms with Crippen LogP contribution >= 0.6 is 0 Å². The molecule has 0 aliphatic heterocycles. The van der Waals surface area contributed by atoms with Crippen molar-refractivity contribution < 1.29 is 20.4 Å². The van der Waals surface area contributed by atoms with Crippen molar-refractivity contribution in [3.8, 4) is 11.5 Å². The van der Waals surface area contributed by atoms with E-state index in [9.17, 15) is 20.4 Å². The minimum absolute atomic E-state index is 0.357. The van der Waals surface area contributed by atoms with Gasteiger partial charge in [-0.15, -0.1) is 0 Å². The molecular formula is C42H34O4. The van der Waals surface area contributed by atoms with E-state index in [1.165, 1.54) is 53.9 Å². The van der Waals surface area contributed by atoms with Gasteiger partial charge in [0.25, 0.3) is 0 Å². The van der Waals surface area contributed by atoms with Crippen molar-refractivity contribution in [2.24, 2.45) is 0 Å². The molecule has 0 radical (unpaired) electrons. The molecule has 0 saturated carbocycles. The highest BCUT2D eigenvalue weighted by atomic mass is 16.3. The van der Waals surface area contributed by atoms with Crippen LogP contribution in [-0.2, 0) is 0 Å². The summed E-state index contributed by atoms with van der Waals surface area (Å²) < 4.78 is 0. The molecule has 4 heteroatoms. The average molecular weight is 603 g/mol. The molecule has 0 heterocycles. The molecular weight excluding hydrogens is 568 g/mol. The van der Waals surface area contributed by atoms with Crippen molar-refractivity contribution in [2.75, 3.05) is 0 Å². The summed E-state index contributed by atoms with van der Waals surface area (Å²) in [5.74, 6) is 0.714. The number of benzene rings is 9. The van der Waals surface area contributed by atoms with E-state index in [0.29, 0.717) is 11.5 Å². The predicted octanol–water partition coefficient (Wildman–Crippen LogP) is 10.4. The van der Waals surface area contributed by atoms with Gasteiger partial charge in [0.15, 0.2) is 0 Å². The first-order chi connectivity index (χ1) is 22.3. The van der Waals surface area contributed by atoms with Crippen LogP contribution in [0.1, 0.15) is 37.2 Å². The normalized spacial score (nSPS) is 12.8.